The zero-order valence-corrected chi connectivity index (χ0v) is 7.47. The Morgan fingerprint density at radius 1 is 1.64 bits per heavy atom. The Labute approximate surface area is 68.9 Å². The first-order chi connectivity index (χ1) is 5.13. The van der Waals surface area contributed by atoms with Crippen LogP contribution in [0.4, 0.5) is 0 Å². The molecule has 0 bridgehead atoms. The fraction of sp³-hybridized carbons (Fsp3) is 1.00. The van der Waals surface area contributed by atoms with E-state index in [0.717, 1.165) is 0 Å². The first-order valence-electron chi connectivity index (χ1n) is 3.60. The number of nitrogens with zero attached hydrogens (tertiary/aromatic N) is 1. The van der Waals surface area contributed by atoms with Crippen LogP contribution in [0.1, 0.15) is 13.8 Å². The number of hydrogen-bond donors (Lipinski definition) is 0. The summed E-state index contributed by atoms with van der Waals surface area (Å²) in [6, 6.07) is -0.0397. The molecule has 0 aromatic rings. The highest BCUT2D eigenvalue weighted by Crippen LogP contribution is 2.13. The smallest absolute Gasteiger partial charge is 0.0709 e. The summed E-state index contributed by atoms with van der Waals surface area (Å²) in [7, 11) is 0. The molecule has 66 valence electrons. The molecule has 0 aromatic carbocycles. The molecule has 0 radical (unpaired) electrons. The lowest BCUT2D eigenvalue weighted by atomic mass is 10.2. The fourth-order valence-corrected chi connectivity index (χ4v) is 1.78. The first kappa shape index (κ1) is 9.12. The van der Waals surface area contributed by atoms with Crippen LogP contribution in [0.15, 0.2) is 0 Å². The molecule has 0 N–H and O–H groups in total. The summed E-state index contributed by atoms with van der Waals surface area (Å²) in [6.45, 7) is 4.70. The summed E-state index contributed by atoms with van der Waals surface area (Å²) in [4.78, 5) is 0. The van der Waals surface area contributed by atoms with Gasteiger partial charge in [-0.2, -0.15) is 0 Å². The predicted molar refractivity (Wildman–Crippen MR) is 40.5 cm³/mol. The molecule has 1 fully saturated rings. The number of ether oxygens (including phenoxy) is 1. The van der Waals surface area contributed by atoms with Crippen LogP contribution >= 0.6 is 0 Å². The number of rotatable bonds is 1. The van der Waals surface area contributed by atoms with Gasteiger partial charge in [0.05, 0.1) is 12.7 Å². The first-order valence-corrected chi connectivity index (χ1v) is 4.63. The summed E-state index contributed by atoms with van der Waals surface area (Å²) in [5, 5.41) is 0. The minimum Gasteiger partial charge on any atom is -0.760 e. The van der Waals surface area contributed by atoms with Gasteiger partial charge in [-0.25, -0.2) is 4.31 Å². The van der Waals surface area contributed by atoms with E-state index >= 15 is 0 Å². The van der Waals surface area contributed by atoms with Crippen molar-refractivity contribution >= 4 is 11.3 Å². The predicted octanol–water partition coefficient (Wildman–Crippen LogP) is -0.110. The molecule has 3 atom stereocenters. The van der Waals surface area contributed by atoms with Gasteiger partial charge in [0.15, 0.2) is 0 Å². The van der Waals surface area contributed by atoms with Crippen molar-refractivity contribution in [2.75, 3.05) is 13.2 Å². The van der Waals surface area contributed by atoms with Gasteiger partial charge in [0.1, 0.15) is 0 Å². The molecule has 0 spiro atoms. The SMILES string of the molecule is CC1OCCN(S(=O)[O-])C1C. The highest BCUT2D eigenvalue weighted by Gasteiger charge is 2.25. The van der Waals surface area contributed by atoms with E-state index in [1.807, 2.05) is 13.8 Å². The average Bonchev–Trinajstić information content (AvgIpc) is 1.94. The molecule has 0 saturated carbocycles. The van der Waals surface area contributed by atoms with Crippen LogP contribution in [0, 0.1) is 0 Å². The molecule has 5 heteroatoms. The van der Waals surface area contributed by atoms with Gasteiger partial charge >= 0.3 is 0 Å². The third-order valence-electron chi connectivity index (χ3n) is 2.02. The minimum absolute atomic E-state index is 0.00153. The molecule has 1 aliphatic rings. The van der Waals surface area contributed by atoms with Crippen LogP contribution in [-0.2, 0) is 16.0 Å². The molecule has 1 rings (SSSR count). The van der Waals surface area contributed by atoms with E-state index in [2.05, 4.69) is 0 Å². The molecule has 1 aliphatic heterocycles. The average molecular weight is 178 g/mol. The van der Waals surface area contributed by atoms with Crippen molar-refractivity contribution in [3.8, 4) is 0 Å². The van der Waals surface area contributed by atoms with Crippen molar-refractivity contribution in [1.82, 2.24) is 4.31 Å². The molecule has 1 saturated heterocycles. The monoisotopic (exact) mass is 178 g/mol. The Balaban J connectivity index is 2.58. The maximum absolute atomic E-state index is 10.6. The maximum Gasteiger partial charge on any atom is 0.0709 e. The van der Waals surface area contributed by atoms with Crippen LogP contribution in [-0.4, -0.2) is 38.4 Å². The Morgan fingerprint density at radius 2 is 2.27 bits per heavy atom. The zero-order chi connectivity index (χ0) is 8.43. The summed E-state index contributed by atoms with van der Waals surface area (Å²) in [5.74, 6) is 0. The van der Waals surface area contributed by atoms with Gasteiger partial charge < -0.3 is 9.29 Å². The van der Waals surface area contributed by atoms with E-state index < -0.39 is 11.3 Å². The van der Waals surface area contributed by atoms with Gasteiger partial charge in [-0.05, 0) is 13.8 Å². The normalized spacial score (nSPS) is 37.0. The van der Waals surface area contributed by atoms with Gasteiger partial charge in [0.25, 0.3) is 0 Å². The topological polar surface area (TPSA) is 52.6 Å². The van der Waals surface area contributed by atoms with Gasteiger partial charge in [-0.15, -0.1) is 0 Å². The van der Waals surface area contributed by atoms with Crippen LogP contribution in [0.25, 0.3) is 0 Å². The van der Waals surface area contributed by atoms with E-state index in [9.17, 15) is 8.76 Å². The lowest BCUT2D eigenvalue weighted by Gasteiger charge is -2.38. The van der Waals surface area contributed by atoms with Gasteiger partial charge in [0.2, 0.25) is 0 Å². The van der Waals surface area contributed by atoms with E-state index in [4.69, 9.17) is 4.74 Å². The van der Waals surface area contributed by atoms with E-state index in [1.165, 1.54) is 4.31 Å². The van der Waals surface area contributed by atoms with E-state index in [-0.39, 0.29) is 12.1 Å². The molecule has 0 aromatic heterocycles. The van der Waals surface area contributed by atoms with Crippen LogP contribution in [0.2, 0.25) is 0 Å². The van der Waals surface area contributed by atoms with Gasteiger partial charge in [-0.1, -0.05) is 0 Å². The van der Waals surface area contributed by atoms with Crippen LogP contribution < -0.4 is 0 Å². The zero-order valence-electron chi connectivity index (χ0n) is 6.65. The molecule has 11 heavy (non-hydrogen) atoms. The molecule has 4 nitrogen and oxygen atoms in total. The standard InChI is InChI=1S/C6H13NO3S/c1-5-6(2)10-4-3-7(5)11(8)9/h5-6H,3-4H2,1-2H3,(H,8,9)/p-1. The second-order valence-electron chi connectivity index (χ2n) is 2.67. The highest BCUT2D eigenvalue weighted by molar-refractivity contribution is 7.76. The van der Waals surface area contributed by atoms with E-state index in [0.29, 0.717) is 13.2 Å². The molecular weight excluding hydrogens is 166 g/mol. The van der Waals surface area contributed by atoms with Crippen LogP contribution in [0.5, 0.6) is 0 Å². The molecule has 1 heterocycles. The lowest BCUT2D eigenvalue weighted by molar-refractivity contribution is -0.0238. The van der Waals surface area contributed by atoms with Crippen molar-refractivity contribution in [2.45, 2.75) is 26.0 Å². The van der Waals surface area contributed by atoms with Crippen molar-refractivity contribution in [3.63, 3.8) is 0 Å². The maximum atomic E-state index is 10.6. The fourth-order valence-electron chi connectivity index (χ4n) is 1.12. The second kappa shape index (κ2) is 3.62. The van der Waals surface area contributed by atoms with Gasteiger partial charge in [-0.3, -0.25) is 4.21 Å². The quantitative estimate of drug-likeness (QED) is 0.526. The van der Waals surface area contributed by atoms with Crippen molar-refractivity contribution < 1.29 is 13.5 Å². The molecule has 0 amide bonds. The molecular formula is C6H12NO3S-. The number of hydrogen-bond acceptors (Lipinski definition) is 3. The van der Waals surface area contributed by atoms with Crippen molar-refractivity contribution in [3.05, 3.63) is 0 Å². The highest BCUT2D eigenvalue weighted by atomic mass is 32.2. The third-order valence-corrected chi connectivity index (χ3v) is 2.92. The molecule has 0 aliphatic carbocycles. The summed E-state index contributed by atoms with van der Waals surface area (Å²) in [5.41, 5.74) is 0. The minimum atomic E-state index is -2.10. The van der Waals surface area contributed by atoms with Crippen LogP contribution in [0.3, 0.4) is 0 Å². The Bertz CT molecular complexity index is 164. The van der Waals surface area contributed by atoms with Crippen molar-refractivity contribution in [2.24, 2.45) is 0 Å². The summed E-state index contributed by atoms with van der Waals surface area (Å²) >= 11 is -2.10. The van der Waals surface area contributed by atoms with Crippen molar-refractivity contribution in [1.29, 1.82) is 0 Å². The summed E-state index contributed by atoms with van der Waals surface area (Å²) < 4.78 is 27.8. The number of morpholine rings is 1. The molecule has 3 unspecified atom stereocenters. The Morgan fingerprint density at radius 3 is 2.73 bits per heavy atom. The summed E-state index contributed by atoms with van der Waals surface area (Å²) in [6.07, 6.45) is 0.00153. The lowest BCUT2D eigenvalue weighted by Crippen LogP contribution is -2.48. The Kier molecular flexibility index (Phi) is 3.00. The van der Waals surface area contributed by atoms with E-state index in [1.54, 1.807) is 0 Å². The second-order valence-corrected chi connectivity index (χ2v) is 3.58. The third kappa shape index (κ3) is 1.99. The largest absolute Gasteiger partial charge is 0.760 e. The van der Waals surface area contributed by atoms with Gasteiger partial charge in [0, 0.05) is 23.9 Å². The Hall–Kier alpha value is 0.0300.